The van der Waals surface area contributed by atoms with Crippen molar-refractivity contribution in [1.82, 2.24) is 9.03 Å². The molecular weight excluding hydrogens is 292 g/mol. The molecule has 0 aliphatic rings. The van der Waals surface area contributed by atoms with Gasteiger partial charge in [-0.15, -0.1) is 0 Å². The molecule has 0 aromatic heterocycles. The molecule has 0 fully saturated rings. The van der Waals surface area contributed by atoms with Gasteiger partial charge in [0.1, 0.15) is 0 Å². The Morgan fingerprint density at radius 2 is 1.86 bits per heavy atom. The van der Waals surface area contributed by atoms with E-state index in [-0.39, 0.29) is 12.1 Å². The van der Waals surface area contributed by atoms with E-state index in [9.17, 15) is 13.2 Å². The Morgan fingerprint density at radius 1 is 1.29 bits per heavy atom. The van der Waals surface area contributed by atoms with Crippen LogP contribution in [0.1, 0.15) is 36.7 Å². The number of nitrogens with zero attached hydrogens (tertiary/aromatic N) is 1. The van der Waals surface area contributed by atoms with Crippen LogP contribution in [0.15, 0.2) is 24.3 Å². The lowest BCUT2D eigenvalue weighted by atomic mass is 10.1. The molecule has 0 bridgehead atoms. The Hall–Kier alpha value is -1.44. The van der Waals surface area contributed by atoms with Crippen LogP contribution in [0.4, 0.5) is 0 Å². The number of hydrogen-bond donors (Lipinski definition) is 2. The van der Waals surface area contributed by atoms with E-state index in [4.69, 9.17) is 5.11 Å². The number of likely N-dealkylation sites (N-methyl/N-ethyl adjacent to an activating group) is 1. The molecule has 2 N–H and O–H groups in total. The molecule has 1 rings (SSSR count). The molecule has 1 aromatic carbocycles. The molecule has 0 saturated carbocycles. The average Bonchev–Trinajstić information content (AvgIpc) is 2.33. The van der Waals surface area contributed by atoms with Crippen LogP contribution in [0.2, 0.25) is 0 Å². The van der Waals surface area contributed by atoms with E-state index in [1.165, 1.54) is 17.4 Å². The highest BCUT2D eigenvalue weighted by Gasteiger charge is 2.24. The van der Waals surface area contributed by atoms with Crippen molar-refractivity contribution >= 4 is 16.2 Å². The van der Waals surface area contributed by atoms with Gasteiger partial charge in [-0.25, -0.2) is 4.79 Å². The van der Waals surface area contributed by atoms with Gasteiger partial charge in [-0.3, -0.25) is 0 Å². The molecule has 0 radical (unpaired) electrons. The van der Waals surface area contributed by atoms with Crippen molar-refractivity contribution in [3.05, 3.63) is 35.4 Å². The van der Waals surface area contributed by atoms with Gasteiger partial charge in [0.15, 0.2) is 0 Å². The Balaban J connectivity index is 2.78. The normalized spacial score (nSPS) is 12.6. The molecular formula is C14H22N2O4S. The van der Waals surface area contributed by atoms with E-state index in [2.05, 4.69) is 4.72 Å². The fourth-order valence-electron chi connectivity index (χ4n) is 1.81. The molecule has 0 saturated heterocycles. The zero-order valence-electron chi connectivity index (χ0n) is 12.8. The van der Waals surface area contributed by atoms with Gasteiger partial charge in [0.25, 0.3) is 10.2 Å². The van der Waals surface area contributed by atoms with Crippen molar-refractivity contribution in [2.75, 3.05) is 13.6 Å². The first-order chi connectivity index (χ1) is 9.53. The van der Waals surface area contributed by atoms with Crippen molar-refractivity contribution in [3.8, 4) is 0 Å². The lowest BCUT2D eigenvalue weighted by Gasteiger charge is -2.25. The Labute approximate surface area is 126 Å². The molecule has 0 spiro atoms. The van der Waals surface area contributed by atoms with Gasteiger partial charge < -0.3 is 5.11 Å². The number of benzene rings is 1. The molecule has 7 heteroatoms. The molecule has 1 aromatic rings. The molecule has 6 nitrogen and oxygen atoms in total. The lowest BCUT2D eigenvalue weighted by molar-refractivity contribution is 0.0695. The van der Waals surface area contributed by atoms with Gasteiger partial charge in [-0.05, 0) is 38.8 Å². The maximum atomic E-state index is 12.1. The largest absolute Gasteiger partial charge is 0.478 e. The van der Waals surface area contributed by atoms with E-state index in [1.807, 2.05) is 0 Å². The summed E-state index contributed by atoms with van der Waals surface area (Å²) in [5.41, 5.74) is 0.251. The first-order valence-corrected chi connectivity index (χ1v) is 8.03. The summed E-state index contributed by atoms with van der Waals surface area (Å²) in [5, 5.41) is 9.10. The zero-order valence-corrected chi connectivity index (χ0v) is 13.6. The smallest absolute Gasteiger partial charge is 0.335 e. The van der Waals surface area contributed by atoms with Crippen LogP contribution in [-0.4, -0.2) is 42.9 Å². The standard InChI is InChI=1S/C14H22N2O4S/c1-14(2,3)15-21(19,20)16(4)10-9-11-7-5-6-8-12(11)13(17)18/h5-8,15H,9-10H2,1-4H3,(H,17,18). The van der Waals surface area contributed by atoms with Gasteiger partial charge in [-0.2, -0.15) is 17.4 Å². The predicted octanol–water partition coefficient (Wildman–Crippen LogP) is 1.49. The minimum absolute atomic E-state index is 0.201. The Kier molecular flexibility index (Phi) is 5.49. The van der Waals surface area contributed by atoms with Crippen molar-refractivity contribution in [1.29, 1.82) is 0 Å². The molecule has 21 heavy (non-hydrogen) atoms. The number of nitrogens with one attached hydrogen (secondary N) is 1. The molecule has 0 atom stereocenters. The number of carbonyl (C=O) groups is 1. The van der Waals surface area contributed by atoms with Crippen LogP contribution in [0.5, 0.6) is 0 Å². The first-order valence-electron chi connectivity index (χ1n) is 6.59. The number of carboxylic acid groups (broad SMARTS) is 1. The van der Waals surface area contributed by atoms with Crippen molar-refractivity contribution in [2.45, 2.75) is 32.7 Å². The van der Waals surface area contributed by atoms with Crippen molar-refractivity contribution in [3.63, 3.8) is 0 Å². The molecule has 0 amide bonds. The van der Waals surface area contributed by atoms with E-state index in [1.54, 1.807) is 39.0 Å². The van der Waals surface area contributed by atoms with Crippen molar-refractivity contribution in [2.24, 2.45) is 0 Å². The van der Waals surface area contributed by atoms with Crippen LogP contribution < -0.4 is 4.72 Å². The Bertz CT molecular complexity index is 606. The summed E-state index contributed by atoms with van der Waals surface area (Å²) in [6.45, 7) is 5.49. The van der Waals surface area contributed by atoms with Crippen LogP contribution in [0.25, 0.3) is 0 Å². The highest BCUT2D eigenvalue weighted by molar-refractivity contribution is 7.87. The predicted molar refractivity (Wildman–Crippen MR) is 81.5 cm³/mol. The summed E-state index contributed by atoms with van der Waals surface area (Å²) in [5.74, 6) is -1.01. The summed E-state index contributed by atoms with van der Waals surface area (Å²) in [6.07, 6.45) is 0.337. The van der Waals surface area contributed by atoms with Crippen LogP contribution in [0, 0.1) is 0 Å². The van der Waals surface area contributed by atoms with E-state index < -0.39 is 21.7 Å². The second kappa shape index (κ2) is 6.55. The molecule has 0 heterocycles. The second-order valence-electron chi connectivity index (χ2n) is 5.89. The number of carboxylic acids is 1. The van der Waals surface area contributed by atoms with Crippen LogP contribution in [0.3, 0.4) is 0 Å². The Morgan fingerprint density at radius 3 is 2.38 bits per heavy atom. The molecule has 0 unspecified atom stereocenters. The third-order valence-corrected chi connectivity index (χ3v) is 4.66. The van der Waals surface area contributed by atoms with Crippen molar-refractivity contribution < 1.29 is 18.3 Å². The van der Waals surface area contributed by atoms with Gasteiger partial charge in [0.05, 0.1) is 5.56 Å². The number of hydrogen-bond acceptors (Lipinski definition) is 3. The summed E-state index contributed by atoms with van der Waals surface area (Å²) in [4.78, 5) is 11.1. The highest BCUT2D eigenvalue weighted by atomic mass is 32.2. The van der Waals surface area contributed by atoms with E-state index in [0.29, 0.717) is 12.0 Å². The third kappa shape index (κ3) is 5.45. The van der Waals surface area contributed by atoms with Crippen LogP contribution >= 0.6 is 0 Å². The maximum absolute atomic E-state index is 12.1. The summed E-state index contributed by atoms with van der Waals surface area (Å²) < 4.78 is 27.9. The third-order valence-electron chi connectivity index (χ3n) is 2.79. The average molecular weight is 314 g/mol. The number of aromatic carboxylic acids is 1. The number of rotatable bonds is 6. The zero-order chi connectivity index (χ0) is 16.3. The lowest BCUT2D eigenvalue weighted by Crippen LogP contribution is -2.48. The molecule has 0 aliphatic carbocycles. The SMILES string of the molecule is CN(CCc1ccccc1C(=O)O)S(=O)(=O)NC(C)(C)C. The van der Waals surface area contributed by atoms with Gasteiger partial charge in [0.2, 0.25) is 0 Å². The monoisotopic (exact) mass is 314 g/mol. The summed E-state index contributed by atoms with van der Waals surface area (Å²) >= 11 is 0. The first kappa shape index (κ1) is 17.6. The van der Waals surface area contributed by atoms with E-state index in [0.717, 1.165) is 0 Å². The summed E-state index contributed by atoms with van der Waals surface area (Å²) in [6, 6.07) is 6.60. The molecule has 0 aliphatic heterocycles. The highest BCUT2D eigenvalue weighted by Crippen LogP contribution is 2.11. The molecule has 118 valence electrons. The summed E-state index contributed by atoms with van der Waals surface area (Å²) in [7, 11) is -2.12. The fraction of sp³-hybridized carbons (Fsp3) is 0.500. The maximum Gasteiger partial charge on any atom is 0.335 e. The van der Waals surface area contributed by atoms with Gasteiger partial charge in [0, 0.05) is 19.1 Å². The van der Waals surface area contributed by atoms with Gasteiger partial charge >= 0.3 is 5.97 Å². The van der Waals surface area contributed by atoms with E-state index >= 15 is 0 Å². The quantitative estimate of drug-likeness (QED) is 0.833. The van der Waals surface area contributed by atoms with Gasteiger partial charge in [-0.1, -0.05) is 18.2 Å². The topological polar surface area (TPSA) is 86.7 Å². The minimum atomic E-state index is -3.59. The minimum Gasteiger partial charge on any atom is -0.478 e. The fourth-order valence-corrected chi connectivity index (χ4v) is 3.07. The second-order valence-corrected chi connectivity index (χ2v) is 7.67. The van der Waals surface area contributed by atoms with Crippen LogP contribution in [-0.2, 0) is 16.6 Å².